The van der Waals surface area contributed by atoms with E-state index in [0.29, 0.717) is 25.9 Å². The van der Waals surface area contributed by atoms with Gasteiger partial charge < -0.3 is 22.1 Å². The number of carbonyl (C=O) groups excluding carboxylic acids is 1. The highest BCUT2D eigenvalue weighted by Crippen LogP contribution is 2.13. The van der Waals surface area contributed by atoms with Crippen molar-refractivity contribution in [1.82, 2.24) is 20.3 Å². The topological polar surface area (TPSA) is 144 Å². The predicted octanol–water partition coefficient (Wildman–Crippen LogP) is 4.83. The van der Waals surface area contributed by atoms with Crippen molar-refractivity contribution in [1.29, 1.82) is 0 Å². The molecule has 9 nitrogen and oxygen atoms in total. The molecule has 1 aromatic rings. The van der Waals surface area contributed by atoms with Crippen LogP contribution < -0.4 is 22.1 Å². The van der Waals surface area contributed by atoms with Gasteiger partial charge in [0, 0.05) is 13.1 Å². The van der Waals surface area contributed by atoms with Crippen LogP contribution in [0.3, 0.4) is 0 Å². The molecule has 0 saturated heterocycles. The molecule has 1 amide bonds. The minimum Gasteiger partial charge on any atom is -0.370 e. The van der Waals surface area contributed by atoms with Crippen molar-refractivity contribution < 1.29 is 4.79 Å². The molecule has 0 aliphatic carbocycles. The number of aromatic nitrogens is 3. The van der Waals surface area contributed by atoms with Crippen LogP contribution in [0.2, 0.25) is 10.6 Å². The monoisotopic (exact) mass is 516 g/mol. The Balaban J connectivity index is 2.29. The van der Waals surface area contributed by atoms with Crippen LogP contribution in [0.4, 0.5) is 5.95 Å². The van der Waals surface area contributed by atoms with Crippen molar-refractivity contribution in [2.45, 2.75) is 103 Å². The van der Waals surface area contributed by atoms with Crippen LogP contribution in [0.5, 0.6) is 0 Å². The van der Waals surface area contributed by atoms with Crippen molar-refractivity contribution in [2.75, 3.05) is 18.4 Å². The van der Waals surface area contributed by atoms with E-state index in [1.807, 2.05) is 0 Å². The van der Waals surface area contributed by atoms with E-state index in [1.54, 1.807) is 0 Å². The molecule has 0 fully saturated rings. The molecule has 0 aliphatic heterocycles. The molecule has 0 aliphatic rings. The second kappa shape index (κ2) is 19.4. The molecule has 1 heterocycles. The first kappa shape index (κ1) is 30.2. The van der Waals surface area contributed by atoms with Gasteiger partial charge in [-0.15, -0.1) is 0 Å². The van der Waals surface area contributed by atoms with E-state index in [-0.39, 0.29) is 28.4 Å². The molecule has 0 unspecified atom stereocenters. The third kappa shape index (κ3) is 15.9. The average Bonchev–Trinajstić information content (AvgIpc) is 2.78. The summed E-state index contributed by atoms with van der Waals surface area (Å²) in [5.41, 5.74) is 10.7. The van der Waals surface area contributed by atoms with E-state index in [1.165, 1.54) is 64.2 Å². The number of aliphatic imine (C=N–C) groups is 1. The van der Waals surface area contributed by atoms with Crippen LogP contribution in [0, 0.1) is 0 Å². The van der Waals surface area contributed by atoms with Crippen molar-refractivity contribution >= 4 is 41.0 Å². The first-order valence-corrected chi connectivity index (χ1v) is 13.3. The minimum atomic E-state index is -0.568. The zero-order valence-electron chi connectivity index (χ0n) is 20.5. The SMILES string of the molecule is CCCCCCCCCCCCCCNC(=O)[C@H](CCCN=C(N)N)Nc1nc(Cl)nc(Cl)n1. The lowest BCUT2D eigenvalue weighted by molar-refractivity contribution is -0.122. The molecule has 0 spiro atoms. The lowest BCUT2D eigenvalue weighted by atomic mass is 10.1. The quantitative estimate of drug-likeness (QED) is 0.110. The summed E-state index contributed by atoms with van der Waals surface area (Å²) in [4.78, 5) is 28.4. The van der Waals surface area contributed by atoms with Crippen LogP contribution >= 0.6 is 23.2 Å². The molecule has 11 heteroatoms. The highest BCUT2D eigenvalue weighted by molar-refractivity contribution is 6.31. The molecular weight excluding hydrogens is 475 g/mol. The van der Waals surface area contributed by atoms with Gasteiger partial charge in [0.15, 0.2) is 5.96 Å². The van der Waals surface area contributed by atoms with Crippen LogP contribution in [-0.4, -0.2) is 46.0 Å². The Morgan fingerprint density at radius 1 is 0.853 bits per heavy atom. The third-order valence-corrected chi connectivity index (χ3v) is 5.81. The number of rotatable bonds is 20. The van der Waals surface area contributed by atoms with E-state index in [4.69, 9.17) is 34.7 Å². The van der Waals surface area contributed by atoms with Gasteiger partial charge in [0.1, 0.15) is 6.04 Å². The number of anilines is 1. The number of halogens is 2. The van der Waals surface area contributed by atoms with Gasteiger partial charge in [0.25, 0.3) is 0 Å². The molecule has 0 bridgehead atoms. The summed E-state index contributed by atoms with van der Waals surface area (Å²) >= 11 is 11.7. The number of nitrogens with two attached hydrogens (primary N) is 2. The molecule has 0 aromatic carbocycles. The van der Waals surface area contributed by atoms with Crippen LogP contribution in [0.15, 0.2) is 4.99 Å². The van der Waals surface area contributed by atoms with Crippen molar-refractivity contribution in [3.63, 3.8) is 0 Å². The normalized spacial score (nSPS) is 11.7. The second-order valence-electron chi connectivity index (χ2n) is 8.52. The second-order valence-corrected chi connectivity index (χ2v) is 9.20. The molecule has 6 N–H and O–H groups in total. The lowest BCUT2D eigenvalue weighted by Crippen LogP contribution is -2.40. The van der Waals surface area contributed by atoms with Gasteiger partial charge in [-0.25, -0.2) is 0 Å². The molecule has 194 valence electrons. The largest absolute Gasteiger partial charge is 0.370 e. The number of hydrogen-bond donors (Lipinski definition) is 4. The minimum absolute atomic E-state index is 0.0250. The van der Waals surface area contributed by atoms with Gasteiger partial charge >= 0.3 is 0 Å². The zero-order valence-corrected chi connectivity index (χ0v) is 22.0. The van der Waals surface area contributed by atoms with E-state index in [0.717, 1.165) is 12.8 Å². The molecular formula is C23H42Cl2N8O. The summed E-state index contributed by atoms with van der Waals surface area (Å²) in [5, 5.41) is 5.90. The first-order valence-electron chi connectivity index (χ1n) is 12.6. The highest BCUT2D eigenvalue weighted by atomic mass is 35.5. The third-order valence-electron chi connectivity index (χ3n) is 5.48. The predicted molar refractivity (Wildman–Crippen MR) is 141 cm³/mol. The number of nitrogens with zero attached hydrogens (tertiary/aromatic N) is 4. The number of carbonyl (C=O) groups is 1. The number of guanidine groups is 1. The van der Waals surface area contributed by atoms with Crippen LogP contribution in [0.1, 0.15) is 96.8 Å². The fourth-order valence-electron chi connectivity index (χ4n) is 3.62. The van der Waals surface area contributed by atoms with Gasteiger partial charge in [0.2, 0.25) is 22.4 Å². The van der Waals surface area contributed by atoms with Gasteiger partial charge in [-0.05, 0) is 42.5 Å². The van der Waals surface area contributed by atoms with Gasteiger partial charge in [0.05, 0.1) is 0 Å². The fourth-order valence-corrected chi connectivity index (χ4v) is 3.98. The molecule has 0 saturated carbocycles. The van der Waals surface area contributed by atoms with E-state index in [9.17, 15) is 4.79 Å². The number of unbranched alkanes of at least 4 members (excludes halogenated alkanes) is 11. The summed E-state index contributed by atoms with van der Waals surface area (Å²) in [6.45, 7) is 3.30. The number of hydrogen-bond acceptors (Lipinski definition) is 6. The summed E-state index contributed by atoms with van der Waals surface area (Å²) in [6.07, 6.45) is 16.4. The number of nitrogens with one attached hydrogen (secondary N) is 2. The Hall–Kier alpha value is -1.87. The van der Waals surface area contributed by atoms with Gasteiger partial charge in [-0.1, -0.05) is 77.6 Å². The summed E-state index contributed by atoms with van der Waals surface area (Å²) in [5.74, 6) is 0.0368. The Morgan fingerprint density at radius 3 is 1.91 bits per heavy atom. The average molecular weight is 518 g/mol. The van der Waals surface area contributed by atoms with Crippen molar-refractivity contribution in [3.05, 3.63) is 10.6 Å². The Kier molecular flexibility index (Phi) is 17.2. The van der Waals surface area contributed by atoms with Gasteiger partial charge in [-0.3, -0.25) is 9.79 Å². The maximum absolute atomic E-state index is 12.8. The van der Waals surface area contributed by atoms with E-state index in [2.05, 4.69) is 37.5 Å². The fraction of sp³-hybridized carbons (Fsp3) is 0.783. The summed E-state index contributed by atoms with van der Waals surface area (Å²) < 4.78 is 0. The van der Waals surface area contributed by atoms with Gasteiger partial charge in [-0.2, -0.15) is 15.0 Å². The van der Waals surface area contributed by atoms with Crippen LogP contribution in [0.25, 0.3) is 0 Å². The molecule has 0 radical (unpaired) electrons. The molecule has 1 atom stereocenters. The molecule has 1 aromatic heterocycles. The Morgan fingerprint density at radius 2 is 1.38 bits per heavy atom. The standard InChI is InChI=1S/C23H42Cl2N8O/c1-2-3-4-5-6-7-8-9-10-11-12-13-16-28-19(34)18(15-14-17-29-22(26)27)30-23-32-20(24)31-21(25)33-23/h18H,2-17H2,1H3,(H,28,34)(H4,26,27,29)(H,30,31,32,33)/t18-/m0/s1. The molecule has 1 rings (SSSR count). The highest BCUT2D eigenvalue weighted by Gasteiger charge is 2.19. The van der Waals surface area contributed by atoms with E-state index >= 15 is 0 Å². The first-order chi connectivity index (χ1) is 16.4. The smallest absolute Gasteiger partial charge is 0.242 e. The van der Waals surface area contributed by atoms with E-state index < -0.39 is 6.04 Å². The maximum atomic E-state index is 12.8. The molecule has 34 heavy (non-hydrogen) atoms. The Bertz CT molecular complexity index is 696. The summed E-state index contributed by atoms with van der Waals surface area (Å²) in [7, 11) is 0. The lowest BCUT2D eigenvalue weighted by Gasteiger charge is -2.18. The summed E-state index contributed by atoms with van der Waals surface area (Å²) in [6, 6.07) is -0.568. The van der Waals surface area contributed by atoms with Crippen molar-refractivity contribution in [2.24, 2.45) is 16.5 Å². The zero-order chi connectivity index (χ0) is 25.0. The maximum Gasteiger partial charge on any atom is 0.242 e. The van der Waals surface area contributed by atoms with Crippen LogP contribution in [-0.2, 0) is 4.79 Å². The van der Waals surface area contributed by atoms with Crippen molar-refractivity contribution in [3.8, 4) is 0 Å². The Labute approximate surface area is 214 Å². The number of amides is 1.